The van der Waals surface area contributed by atoms with Crippen molar-refractivity contribution in [1.29, 1.82) is 0 Å². The maximum atomic E-state index is 11.2. The molecule has 0 heterocycles. The first kappa shape index (κ1) is 19.1. The van der Waals surface area contributed by atoms with Crippen molar-refractivity contribution in [2.75, 3.05) is 6.61 Å². The molecule has 6 nitrogen and oxygen atoms in total. The van der Waals surface area contributed by atoms with Gasteiger partial charge in [0.1, 0.15) is 29.8 Å². The fraction of sp³-hybridized carbons (Fsp3) is 0.263. The third kappa shape index (κ3) is 4.07. The molecular weight excluding hydrogens is 324 g/mol. The number of hydrogen-bond acceptors (Lipinski definition) is 6. The Kier molecular flexibility index (Phi) is 6.30. The second-order valence-electron chi connectivity index (χ2n) is 5.66. The van der Waals surface area contributed by atoms with Gasteiger partial charge in [0.15, 0.2) is 5.60 Å². The minimum absolute atomic E-state index is 0.215. The summed E-state index contributed by atoms with van der Waals surface area (Å²) < 4.78 is 5.56. The summed E-state index contributed by atoms with van der Waals surface area (Å²) >= 11 is 0. The Labute approximate surface area is 145 Å². The van der Waals surface area contributed by atoms with Gasteiger partial charge in [0, 0.05) is 0 Å². The molecule has 2 aromatic carbocycles. The Hall–Kier alpha value is -2.22. The van der Waals surface area contributed by atoms with Crippen molar-refractivity contribution in [2.45, 2.75) is 23.9 Å². The number of aliphatic hydroxyl groups is 5. The van der Waals surface area contributed by atoms with Gasteiger partial charge in [-0.3, -0.25) is 0 Å². The Bertz CT molecular complexity index is 675. The zero-order chi connectivity index (χ0) is 18.4. The molecule has 0 amide bonds. The number of para-hydroxylation sites is 1. The van der Waals surface area contributed by atoms with Gasteiger partial charge < -0.3 is 30.3 Å². The van der Waals surface area contributed by atoms with Crippen molar-refractivity contribution in [3.05, 3.63) is 78.6 Å². The summed E-state index contributed by atoms with van der Waals surface area (Å²) in [5.41, 5.74) is -2.00. The molecule has 4 unspecified atom stereocenters. The molecule has 0 spiro atoms. The summed E-state index contributed by atoms with van der Waals surface area (Å²) in [6, 6.07) is 16.6. The minimum atomic E-state index is -2.22. The van der Waals surface area contributed by atoms with Crippen molar-refractivity contribution >= 4 is 0 Å². The molecule has 2 aromatic rings. The van der Waals surface area contributed by atoms with Crippen LogP contribution in [-0.4, -0.2) is 50.5 Å². The van der Waals surface area contributed by atoms with E-state index in [0.29, 0.717) is 5.75 Å². The molecule has 0 radical (unpaired) electrons. The number of benzene rings is 2. The summed E-state index contributed by atoms with van der Waals surface area (Å²) in [4.78, 5) is 0. The van der Waals surface area contributed by atoms with Crippen LogP contribution in [0.5, 0.6) is 5.75 Å². The molecule has 0 aromatic heterocycles. The molecule has 0 saturated carbocycles. The van der Waals surface area contributed by atoms with Crippen LogP contribution in [0.3, 0.4) is 0 Å². The third-order valence-corrected chi connectivity index (χ3v) is 3.96. The maximum absolute atomic E-state index is 11.2. The highest BCUT2D eigenvalue weighted by Gasteiger charge is 2.47. The van der Waals surface area contributed by atoms with Gasteiger partial charge in [0.25, 0.3) is 0 Å². The van der Waals surface area contributed by atoms with Crippen molar-refractivity contribution in [3.63, 3.8) is 0 Å². The second kappa shape index (κ2) is 8.24. The molecule has 0 aliphatic carbocycles. The van der Waals surface area contributed by atoms with Gasteiger partial charge in [-0.25, -0.2) is 0 Å². The molecule has 2 rings (SSSR count). The van der Waals surface area contributed by atoms with E-state index in [1.165, 1.54) is 12.1 Å². The van der Waals surface area contributed by atoms with E-state index in [1.807, 2.05) is 0 Å². The van der Waals surface area contributed by atoms with E-state index < -0.39 is 30.5 Å². The van der Waals surface area contributed by atoms with Crippen LogP contribution in [0, 0.1) is 0 Å². The molecule has 0 saturated heterocycles. The van der Waals surface area contributed by atoms with E-state index in [2.05, 4.69) is 6.58 Å². The zero-order valence-corrected chi connectivity index (χ0v) is 13.6. The van der Waals surface area contributed by atoms with Crippen LogP contribution in [-0.2, 0) is 5.60 Å². The highest BCUT2D eigenvalue weighted by molar-refractivity contribution is 5.34. The predicted molar refractivity (Wildman–Crippen MR) is 91.7 cm³/mol. The molecule has 0 aliphatic rings. The lowest BCUT2D eigenvalue weighted by molar-refractivity contribution is -0.156. The molecule has 4 atom stereocenters. The van der Waals surface area contributed by atoms with Crippen LogP contribution in [0.2, 0.25) is 0 Å². The summed E-state index contributed by atoms with van der Waals surface area (Å²) in [6.45, 7) is 2.92. The van der Waals surface area contributed by atoms with Gasteiger partial charge >= 0.3 is 0 Å². The van der Waals surface area contributed by atoms with Crippen molar-refractivity contribution < 1.29 is 30.3 Å². The van der Waals surface area contributed by atoms with E-state index in [9.17, 15) is 20.4 Å². The van der Waals surface area contributed by atoms with Crippen LogP contribution < -0.4 is 4.74 Å². The first-order valence-corrected chi connectivity index (χ1v) is 7.76. The zero-order valence-electron chi connectivity index (χ0n) is 13.6. The number of rotatable bonds is 8. The first-order valence-electron chi connectivity index (χ1n) is 7.76. The summed E-state index contributed by atoms with van der Waals surface area (Å²) in [5, 5.41) is 50.4. The monoisotopic (exact) mass is 346 g/mol. The van der Waals surface area contributed by atoms with Gasteiger partial charge in [-0.15, -0.1) is 0 Å². The highest BCUT2D eigenvalue weighted by atomic mass is 16.5. The number of ether oxygens (including phenoxy) is 1. The van der Waals surface area contributed by atoms with Crippen molar-refractivity contribution in [2.24, 2.45) is 0 Å². The van der Waals surface area contributed by atoms with Gasteiger partial charge in [-0.2, -0.15) is 0 Å². The Balaban J connectivity index is 2.40. The van der Waals surface area contributed by atoms with E-state index in [1.54, 1.807) is 48.5 Å². The number of aliphatic hydroxyl groups excluding tert-OH is 4. The van der Waals surface area contributed by atoms with Gasteiger partial charge in [0.2, 0.25) is 0 Å². The normalized spacial score (nSPS) is 17.2. The van der Waals surface area contributed by atoms with Crippen LogP contribution >= 0.6 is 0 Å². The van der Waals surface area contributed by atoms with Crippen molar-refractivity contribution in [3.8, 4) is 5.75 Å². The van der Waals surface area contributed by atoms with Crippen LogP contribution in [0.15, 0.2) is 73.0 Å². The predicted octanol–water partition coefficient (Wildman–Crippen LogP) is 0.542. The fourth-order valence-corrected chi connectivity index (χ4v) is 2.46. The topological polar surface area (TPSA) is 110 Å². The van der Waals surface area contributed by atoms with Gasteiger partial charge in [-0.05, 0) is 17.7 Å². The van der Waals surface area contributed by atoms with Gasteiger partial charge in [-0.1, -0.05) is 55.1 Å². The molecule has 25 heavy (non-hydrogen) atoms. The standard InChI is InChI=1S/C19H22O6/c1-13(25-15-10-6-3-7-11-15)19(24,14-8-4-2-5-9-14)18(23)17(22)16(21)12-20/h2-11,16-18,20-24H,1,12H2. The lowest BCUT2D eigenvalue weighted by Crippen LogP contribution is -2.53. The van der Waals surface area contributed by atoms with Crippen LogP contribution in [0.4, 0.5) is 0 Å². The minimum Gasteiger partial charge on any atom is -0.459 e. The lowest BCUT2D eigenvalue weighted by Gasteiger charge is -2.37. The summed E-state index contributed by atoms with van der Waals surface area (Å²) in [7, 11) is 0. The van der Waals surface area contributed by atoms with E-state index in [0.717, 1.165) is 0 Å². The quantitative estimate of drug-likeness (QED) is 0.446. The smallest absolute Gasteiger partial charge is 0.175 e. The highest BCUT2D eigenvalue weighted by Crippen LogP contribution is 2.35. The largest absolute Gasteiger partial charge is 0.459 e. The van der Waals surface area contributed by atoms with Crippen LogP contribution in [0.1, 0.15) is 5.56 Å². The first-order chi connectivity index (χ1) is 11.9. The molecule has 0 fully saturated rings. The van der Waals surface area contributed by atoms with E-state index >= 15 is 0 Å². The molecule has 6 heteroatoms. The summed E-state index contributed by atoms with van der Waals surface area (Å²) in [6.07, 6.45) is -5.37. The lowest BCUT2D eigenvalue weighted by atomic mass is 9.82. The maximum Gasteiger partial charge on any atom is 0.175 e. The molecule has 0 bridgehead atoms. The average molecular weight is 346 g/mol. The second-order valence-corrected chi connectivity index (χ2v) is 5.66. The average Bonchev–Trinajstić information content (AvgIpc) is 2.66. The van der Waals surface area contributed by atoms with Crippen molar-refractivity contribution in [1.82, 2.24) is 0 Å². The Morgan fingerprint density at radius 2 is 1.48 bits per heavy atom. The molecular formula is C19H22O6. The molecule has 5 N–H and O–H groups in total. The number of hydrogen-bond donors (Lipinski definition) is 5. The van der Waals surface area contributed by atoms with Gasteiger partial charge in [0.05, 0.1) is 6.61 Å². The van der Waals surface area contributed by atoms with E-state index in [-0.39, 0.29) is 11.3 Å². The summed E-state index contributed by atoms with van der Waals surface area (Å²) in [5.74, 6) is 0.146. The Morgan fingerprint density at radius 1 is 0.960 bits per heavy atom. The van der Waals surface area contributed by atoms with Crippen LogP contribution in [0.25, 0.3) is 0 Å². The molecule has 0 aliphatic heterocycles. The molecule has 134 valence electrons. The third-order valence-electron chi connectivity index (χ3n) is 3.96. The van der Waals surface area contributed by atoms with E-state index in [4.69, 9.17) is 9.84 Å². The SMILES string of the molecule is C=C(Oc1ccccc1)C(O)(c1ccccc1)C(O)C(O)C(O)CO. The fourth-order valence-electron chi connectivity index (χ4n) is 2.46. The Morgan fingerprint density at radius 3 is 2.00 bits per heavy atom.